The maximum atomic E-state index is 9.37. The van der Waals surface area contributed by atoms with Gasteiger partial charge in [-0.25, -0.2) is 0 Å². The molecule has 1 aromatic rings. The molecule has 0 radical (unpaired) electrons. The molecule has 0 saturated heterocycles. The minimum absolute atomic E-state index is 0.192. The van der Waals surface area contributed by atoms with Crippen LogP contribution < -0.4 is 0 Å². The third kappa shape index (κ3) is 4.60. The first-order valence-corrected chi connectivity index (χ1v) is 8.06. The highest BCUT2D eigenvalue weighted by Gasteiger charge is 2.20. The Morgan fingerprint density at radius 1 is 1.32 bits per heavy atom. The average molecular weight is 298 g/mol. The summed E-state index contributed by atoms with van der Waals surface area (Å²) < 4.78 is 5.81. The number of phenolic OH excluding ortho intramolecular Hbond substituents is 1. The molecule has 1 aromatic carbocycles. The van der Waals surface area contributed by atoms with Gasteiger partial charge < -0.3 is 9.84 Å². The normalized spacial score (nSPS) is 18.4. The van der Waals surface area contributed by atoms with Gasteiger partial charge in [-0.3, -0.25) is 0 Å². The number of ether oxygens (including phenoxy) is 1. The Balaban J connectivity index is 2.01. The topological polar surface area (TPSA) is 29.5 Å². The van der Waals surface area contributed by atoms with Gasteiger partial charge in [0, 0.05) is 0 Å². The summed E-state index contributed by atoms with van der Waals surface area (Å²) in [5.41, 5.74) is 4.96. The molecule has 2 rings (SSSR count). The molecule has 0 aromatic heterocycles. The van der Waals surface area contributed by atoms with E-state index in [0.29, 0.717) is 12.4 Å². The molecule has 1 N–H and O–H groups in total. The zero-order valence-electron chi connectivity index (χ0n) is 13.6. The van der Waals surface area contributed by atoms with Gasteiger partial charge in [0.25, 0.3) is 0 Å². The number of benzene rings is 1. The zero-order chi connectivity index (χ0) is 15.9. The Hall–Kier alpha value is -1.80. The fourth-order valence-corrected chi connectivity index (χ4v) is 2.88. The Labute approximate surface area is 133 Å². The first-order chi connectivity index (χ1) is 10.6. The number of hydrogen-bond donors (Lipinski definition) is 1. The molecular formula is C20H26O2. The van der Waals surface area contributed by atoms with Crippen LogP contribution in [0.1, 0.15) is 45.1 Å². The van der Waals surface area contributed by atoms with Gasteiger partial charge in [0.1, 0.15) is 5.75 Å². The molecule has 0 saturated carbocycles. The zero-order valence-corrected chi connectivity index (χ0v) is 13.6. The van der Waals surface area contributed by atoms with Crippen LogP contribution in [0.5, 0.6) is 5.75 Å². The first kappa shape index (κ1) is 16.6. The van der Waals surface area contributed by atoms with E-state index in [1.165, 1.54) is 11.1 Å². The van der Waals surface area contributed by atoms with Crippen LogP contribution in [-0.4, -0.2) is 17.8 Å². The van der Waals surface area contributed by atoms with Crippen molar-refractivity contribution in [3.63, 3.8) is 0 Å². The molecule has 1 unspecified atom stereocenters. The van der Waals surface area contributed by atoms with Crippen LogP contribution in [-0.2, 0) is 4.74 Å². The lowest BCUT2D eigenvalue weighted by Gasteiger charge is -2.16. The Morgan fingerprint density at radius 3 is 2.68 bits per heavy atom. The highest BCUT2D eigenvalue weighted by molar-refractivity contribution is 5.53. The molecular weight excluding hydrogens is 272 g/mol. The predicted octanol–water partition coefficient (Wildman–Crippen LogP) is 5.26. The van der Waals surface area contributed by atoms with E-state index in [2.05, 4.69) is 25.7 Å². The van der Waals surface area contributed by atoms with Crippen LogP contribution in [0, 0.1) is 0 Å². The summed E-state index contributed by atoms with van der Waals surface area (Å²) in [6.45, 7) is 9.00. The van der Waals surface area contributed by atoms with E-state index in [0.717, 1.165) is 36.8 Å². The summed E-state index contributed by atoms with van der Waals surface area (Å²) in [5, 5.41) is 9.37. The Kier molecular flexibility index (Phi) is 6.02. The van der Waals surface area contributed by atoms with E-state index in [1.807, 2.05) is 19.1 Å². The molecule has 22 heavy (non-hydrogen) atoms. The molecule has 1 aliphatic rings. The van der Waals surface area contributed by atoms with Gasteiger partial charge in [-0.1, -0.05) is 55.4 Å². The van der Waals surface area contributed by atoms with Gasteiger partial charge in [-0.05, 0) is 49.5 Å². The maximum Gasteiger partial charge on any atom is 0.115 e. The van der Waals surface area contributed by atoms with Crippen molar-refractivity contribution in [1.82, 2.24) is 0 Å². The molecule has 0 bridgehead atoms. The number of hydrogen-bond acceptors (Lipinski definition) is 2. The molecule has 0 spiro atoms. The van der Waals surface area contributed by atoms with Crippen molar-refractivity contribution in [2.24, 2.45) is 0 Å². The van der Waals surface area contributed by atoms with E-state index >= 15 is 0 Å². The van der Waals surface area contributed by atoms with Crippen molar-refractivity contribution < 1.29 is 9.84 Å². The highest BCUT2D eigenvalue weighted by Crippen LogP contribution is 2.27. The van der Waals surface area contributed by atoms with Crippen LogP contribution in [0.3, 0.4) is 0 Å². The van der Waals surface area contributed by atoms with Crippen molar-refractivity contribution in [3.05, 3.63) is 59.2 Å². The molecule has 1 aliphatic heterocycles. The van der Waals surface area contributed by atoms with Crippen molar-refractivity contribution in [3.8, 4) is 5.75 Å². The maximum absolute atomic E-state index is 9.37. The number of phenols is 1. The van der Waals surface area contributed by atoms with E-state index in [1.54, 1.807) is 12.1 Å². The minimum atomic E-state index is 0.192. The molecule has 2 nitrogen and oxygen atoms in total. The summed E-state index contributed by atoms with van der Waals surface area (Å²) in [6.07, 6.45) is 8.85. The molecule has 118 valence electrons. The van der Waals surface area contributed by atoms with Crippen LogP contribution in [0.15, 0.2) is 53.6 Å². The molecule has 1 atom stereocenters. The smallest absolute Gasteiger partial charge is 0.115 e. The second kappa shape index (κ2) is 8.00. The average Bonchev–Trinajstić information content (AvgIpc) is 2.96. The highest BCUT2D eigenvalue weighted by atomic mass is 16.5. The summed E-state index contributed by atoms with van der Waals surface area (Å²) in [6, 6.07) is 7.38. The van der Waals surface area contributed by atoms with Crippen molar-refractivity contribution in [2.75, 3.05) is 6.61 Å². The van der Waals surface area contributed by atoms with Gasteiger partial charge in [0.05, 0.1) is 12.7 Å². The summed E-state index contributed by atoms with van der Waals surface area (Å²) >= 11 is 0. The van der Waals surface area contributed by atoms with Gasteiger partial charge in [0.2, 0.25) is 0 Å². The molecule has 1 heterocycles. The lowest BCUT2D eigenvalue weighted by Crippen LogP contribution is -2.11. The fraction of sp³-hybridized carbons (Fsp3) is 0.400. The lowest BCUT2D eigenvalue weighted by molar-refractivity contribution is 0.116. The van der Waals surface area contributed by atoms with E-state index < -0.39 is 0 Å². The first-order valence-electron chi connectivity index (χ1n) is 8.06. The molecule has 2 heteroatoms. The minimum Gasteiger partial charge on any atom is -0.508 e. The monoisotopic (exact) mass is 298 g/mol. The van der Waals surface area contributed by atoms with E-state index in [9.17, 15) is 5.11 Å². The van der Waals surface area contributed by atoms with Gasteiger partial charge >= 0.3 is 0 Å². The van der Waals surface area contributed by atoms with Gasteiger partial charge in [0.15, 0.2) is 0 Å². The Morgan fingerprint density at radius 2 is 2.05 bits per heavy atom. The van der Waals surface area contributed by atoms with Crippen LogP contribution in [0.4, 0.5) is 0 Å². The van der Waals surface area contributed by atoms with E-state index in [-0.39, 0.29) is 6.10 Å². The van der Waals surface area contributed by atoms with E-state index in [4.69, 9.17) is 4.74 Å². The third-order valence-corrected chi connectivity index (χ3v) is 4.00. The van der Waals surface area contributed by atoms with Crippen LogP contribution in [0.2, 0.25) is 0 Å². The molecule has 0 fully saturated rings. The summed E-state index contributed by atoms with van der Waals surface area (Å²) in [5.74, 6) is 0.310. The standard InChI is InChI=1S/C20H26O2/c1-4-5-16(14-17-6-9-18(21)10-7-17)8-11-20-19(15(2)3)12-13-22-20/h6-7,9-10,12,14,20-21H,2,4-5,8,11,13H2,1,3H3/b16-14+. The summed E-state index contributed by atoms with van der Waals surface area (Å²) in [4.78, 5) is 0. The second-order valence-corrected chi connectivity index (χ2v) is 5.94. The summed E-state index contributed by atoms with van der Waals surface area (Å²) in [7, 11) is 0. The number of rotatable bonds is 7. The molecule has 0 amide bonds. The Bertz CT molecular complexity index is 564. The van der Waals surface area contributed by atoms with Gasteiger partial charge in [-0.15, -0.1) is 0 Å². The number of allylic oxidation sites excluding steroid dienone is 1. The second-order valence-electron chi connectivity index (χ2n) is 5.94. The van der Waals surface area contributed by atoms with Crippen LogP contribution in [0.25, 0.3) is 6.08 Å². The van der Waals surface area contributed by atoms with Crippen LogP contribution >= 0.6 is 0 Å². The SMILES string of the molecule is C=C(C)C1=CCOC1CC/C(=C/c1ccc(O)cc1)CCC. The largest absolute Gasteiger partial charge is 0.508 e. The fourth-order valence-electron chi connectivity index (χ4n) is 2.88. The van der Waals surface area contributed by atoms with Crippen molar-refractivity contribution in [1.29, 1.82) is 0 Å². The quantitative estimate of drug-likeness (QED) is 0.744. The van der Waals surface area contributed by atoms with Crippen molar-refractivity contribution >= 4 is 6.08 Å². The predicted molar refractivity (Wildman–Crippen MR) is 92.9 cm³/mol. The third-order valence-electron chi connectivity index (χ3n) is 4.00. The lowest BCUT2D eigenvalue weighted by atomic mass is 9.95. The van der Waals surface area contributed by atoms with Gasteiger partial charge in [-0.2, -0.15) is 0 Å². The number of aromatic hydroxyl groups is 1. The molecule has 0 aliphatic carbocycles. The van der Waals surface area contributed by atoms with Crippen molar-refractivity contribution in [2.45, 2.75) is 45.6 Å².